The van der Waals surface area contributed by atoms with Crippen molar-refractivity contribution < 1.29 is 18.6 Å². The molecule has 3 rings (SSSR count). The van der Waals surface area contributed by atoms with Gasteiger partial charge in [-0.15, -0.1) is 0 Å². The van der Waals surface area contributed by atoms with Gasteiger partial charge in [-0.2, -0.15) is 8.78 Å². The lowest BCUT2D eigenvalue weighted by Gasteiger charge is -2.45. The molecule has 5 heteroatoms. The smallest absolute Gasteiger partial charge is 0.387 e. The maximum Gasteiger partial charge on any atom is 0.387 e. The number of hydrogen-bond acceptors (Lipinski definition) is 3. The van der Waals surface area contributed by atoms with Gasteiger partial charge in [0, 0.05) is 12.1 Å². The van der Waals surface area contributed by atoms with E-state index in [2.05, 4.69) is 10.1 Å². The van der Waals surface area contributed by atoms with Gasteiger partial charge in [0.25, 0.3) is 0 Å². The lowest BCUT2D eigenvalue weighted by molar-refractivity contribution is -0.0519. The summed E-state index contributed by atoms with van der Waals surface area (Å²) in [6.07, 6.45) is 4.56. The number of benzene rings is 1. The molecule has 0 aliphatic carbocycles. The van der Waals surface area contributed by atoms with E-state index in [1.807, 2.05) is 0 Å². The van der Waals surface area contributed by atoms with E-state index >= 15 is 0 Å². The van der Waals surface area contributed by atoms with E-state index in [1.165, 1.54) is 18.6 Å². The summed E-state index contributed by atoms with van der Waals surface area (Å²) < 4.78 is 29.0. The fourth-order valence-corrected chi connectivity index (χ4v) is 3.53. The molecule has 2 aliphatic rings. The monoisotopic (exact) mass is 283 g/mol. The number of halogens is 2. The Kier molecular flexibility index (Phi) is 3.65. The average molecular weight is 283 g/mol. The van der Waals surface area contributed by atoms with Crippen LogP contribution in [0.25, 0.3) is 0 Å². The third kappa shape index (κ3) is 2.79. The van der Waals surface area contributed by atoms with E-state index in [0.717, 1.165) is 12.8 Å². The molecule has 0 radical (unpaired) electrons. The van der Waals surface area contributed by atoms with Crippen LogP contribution in [0.5, 0.6) is 5.75 Å². The van der Waals surface area contributed by atoms with Crippen LogP contribution in [0.4, 0.5) is 8.78 Å². The molecular formula is C15H19F2NO2. The zero-order chi connectivity index (χ0) is 14.2. The molecule has 2 fully saturated rings. The number of hydrogen-bond donors (Lipinski definition) is 2. The van der Waals surface area contributed by atoms with Gasteiger partial charge in [0.15, 0.2) is 0 Å². The minimum Gasteiger partial charge on any atom is -0.435 e. The number of ether oxygens (including phenoxy) is 1. The quantitative estimate of drug-likeness (QED) is 0.896. The minimum absolute atomic E-state index is 0.106. The molecular weight excluding hydrogens is 264 g/mol. The molecule has 1 aromatic carbocycles. The second-order valence-electron chi connectivity index (χ2n) is 5.84. The summed E-state index contributed by atoms with van der Waals surface area (Å²) in [5.41, 5.74) is -0.267. The predicted octanol–water partition coefficient (Wildman–Crippen LogP) is 2.78. The Balaban J connectivity index is 1.83. The maximum absolute atomic E-state index is 12.3. The fourth-order valence-electron chi connectivity index (χ4n) is 3.53. The van der Waals surface area contributed by atoms with Gasteiger partial charge in [0.05, 0.1) is 5.60 Å². The number of piperidine rings is 2. The normalized spacial score (nSPS) is 33.2. The van der Waals surface area contributed by atoms with Gasteiger partial charge >= 0.3 is 6.61 Å². The summed E-state index contributed by atoms with van der Waals surface area (Å²) in [7, 11) is 0. The van der Waals surface area contributed by atoms with Crippen LogP contribution in [0.2, 0.25) is 0 Å². The Hall–Kier alpha value is -1.20. The van der Waals surface area contributed by atoms with Gasteiger partial charge in [-0.3, -0.25) is 0 Å². The summed E-state index contributed by atoms with van der Waals surface area (Å²) in [4.78, 5) is 0. The van der Waals surface area contributed by atoms with Crippen molar-refractivity contribution in [2.24, 2.45) is 0 Å². The van der Waals surface area contributed by atoms with Crippen molar-refractivity contribution in [3.05, 3.63) is 29.8 Å². The topological polar surface area (TPSA) is 41.5 Å². The molecule has 0 amide bonds. The van der Waals surface area contributed by atoms with Crippen LogP contribution >= 0.6 is 0 Å². The number of aliphatic hydroxyl groups is 1. The molecule has 20 heavy (non-hydrogen) atoms. The van der Waals surface area contributed by atoms with Crippen molar-refractivity contribution in [2.45, 2.75) is 56.4 Å². The highest BCUT2D eigenvalue weighted by Crippen LogP contribution is 2.40. The molecule has 0 spiro atoms. The van der Waals surface area contributed by atoms with Crippen LogP contribution in [0.3, 0.4) is 0 Å². The van der Waals surface area contributed by atoms with E-state index in [9.17, 15) is 13.9 Å². The Morgan fingerprint density at radius 1 is 1.25 bits per heavy atom. The van der Waals surface area contributed by atoms with E-state index in [1.54, 1.807) is 12.1 Å². The highest BCUT2D eigenvalue weighted by atomic mass is 19.3. The van der Waals surface area contributed by atoms with Crippen molar-refractivity contribution in [1.82, 2.24) is 5.32 Å². The molecule has 0 saturated carbocycles. The van der Waals surface area contributed by atoms with E-state index in [4.69, 9.17) is 0 Å². The molecule has 2 heterocycles. The fraction of sp³-hybridized carbons (Fsp3) is 0.600. The first-order valence-corrected chi connectivity index (χ1v) is 7.09. The van der Waals surface area contributed by atoms with Crippen molar-refractivity contribution in [3.63, 3.8) is 0 Å². The van der Waals surface area contributed by atoms with Crippen molar-refractivity contribution in [1.29, 1.82) is 0 Å². The molecule has 2 atom stereocenters. The Bertz CT molecular complexity index is 469. The van der Waals surface area contributed by atoms with E-state index < -0.39 is 12.2 Å². The maximum atomic E-state index is 12.3. The first-order valence-electron chi connectivity index (χ1n) is 7.09. The van der Waals surface area contributed by atoms with Gasteiger partial charge in [-0.25, -0.2) is 0 Å². The van der Waals surface area contributed by atoms with Gasteiger partial charge in [0.2, 0.25) is 0 Å². The van der Waals surface area contributed by atoms with Crippen LogP contribution in [0.15, 0.2) is 24.3 Å². The summed E-state index contributed by atoms with van der Waals surface area (Å²) in [5, 5.41) is 14.4. The molecule has 2 aliphatic heterocycles. The second-order valence-corrected chi connectivity index (χ2v) is 5.84. The molecule has 2 bridgehead atoms. The summed E-state index contributed by atoms with van der Waals surface area (Å²) in [6, 6.07) is 7.09. The second kappa shape index (κ2) is 5.30. The molecule has 2 unspecified atom stereocenters. The molecule has 2 N–H and O–H groups in total. The van der Waals surface area contributed by atoms with Crippen LogP contribution in [0, 0.1) is 0 Å². The van der Waals surface area contributed by atoms with Crippen molar-refractivity contribution >= 4 is 0 Å². The summed E-state index contributed by atoms with van der Waals surface area (Å²) in [5.74, 6) is 0.106. The Morgan fingerprint density at radius 3 is 2.60 bits per heavy atom. The standard InChI is InChI=1S/C15H19F2NO2/c16-14(17)20-13-6-1-3-10(7-13)15(19)8-11-4-2-5-12(9-15)18-11/h1,3,6-7,11-12,14,18-19H,2,4-5,8-9H2. The Morgan fingerprint density at radius 2 is 1.95 bits per heavy atom. The number of fused-ring (bicyclic) bond motifs is 2. The number of rotatable bonds is 3. The zero-order valence-corrected chi connectivity index (χ0v) is 11.2. The van der Waals surface area contributed by atoms with Crippen LogP contribution in [-0.2, 0) is 5.60 Å². The predicted molar refractivity (Wildman–Crippen MR) is 70.8 cm³/mol. The first kappa shape index (κ1) is 13.8. The third-order valence-electron chi connectivity index (χ3n) is 4.34. The molecule has 2 saturated heterocycles. The first-order chi connectivity index (χ1) is 9.55. The van der Waals surface area contributed by atoms with Crippen LogP contribution in [-0.4, -0.2) is 23.8 Å². The van der Waals surface area contributed by atoms with E-state index in [-0.39, 0.29) is 5.75 Å². The van der Waals surface area contributed by atoms with Crippen LogP contribution in [0.1, 0.15) is 37.7 Å². The number of nitrogens with one attached hydrogen (secondary N) is 1. The SMILES string of the molecule is OC1(c2cccc(OC(F)F)c2)CC2CCCC(C1)N2. The van der Waals surface area contributed by atoms with Crippen molar-refractivity contribution in [2.75, 3.05) is 0 Å². The average Bonchev–Trinajstić information content (AvgIpc) is 2.37. The molecule has 110 valence electrons. The Labute approximate surface area is 116 Å². The van der Waals surface area contributed by atoms with Gasteiger partial charge < -0.3 is 15.2 Å². The lowest BCUT2D eigenvalue weighted by atomic mass is 9.74. The largest absolute Gasteiger partial charge is 0.435 e. The van der Waals surface area contributed by atoms with Gasteiger partial charge in [0.1, 0.15) is 5.75 Å². The molecule has 3 nitrogen and oxygen atoms in total. The summed E-state index contributed by atoms with van der Waals surface area (Å²) >= 11 is 0. The van der Waals surface area contributed by atoms with Gasteiger partial charge in [-0.05, 0) is 43.4 Å². The summed E-state index contributed by atoms with van der Waals surface area (Å²) in [6.45, 7) is -2.84. The third-order valence-corrected chi connectivity index (χ3v) is 4.34. The minimum atomic E-state index is -2.84. The van der Waals surface area contributed by atoms with Gasteiger partial charge in [-0.1, -0.05) is 18.6 Å². The van der Waals surface area contributed by atoms with Crippen molar-refractivity contribution in [3.8, 4) is 5.75 Å². The highest BCUT2D eigenvalue weighted by Gasteiger charge is 2.41. The molecule has 1 aromatic rings. The zero-order valence-electron chi connectivity index (χ0n) is 11.2. The highest BCUT2D eigenvalue weighted by molar-refractivity contribution is 5.33. The molecule has 0 aromatic heterocycles. The number of alkyl halides is 2. The van der Waals surface area contributed by atoms with E-state index in [0.29, 0.717) is 30.5 Å². The lowest BCUT2D eigenvalue weighted by Crippen LogP contribution is -2.54. The van der Waals surface area contributed by atoms with Crippen LogP contribution < -0.4 is 10.1 Å².